The Morgan fingerprint density at radius 1 is 1.25 bits per heavy atom. The Morgan fingerprint density at radius 2 is 2.10 bits per heavy atom. The van der Waals surface area contributed by atoms with Crippen LogP contribution in [0.25, 0.3) is 0 Å². The van der Waals surface area contributed by atoms with Crippen LogP contribution >= 0.6 is 15.9 Å². The van der Waals surface area contributed by atoms with E-state index in [1.807, 2.05) is 37.3 Å². The number of benzene rings is 2. The predicted molar refractivity (Wildman–Crippen MR) is 82.5 cm³/mol. The summed E-state index contributed by atoms with van der Waals surface area (Å²) in [5.41, 5.74) is 3.64. The summed E-state index contributed by atoms with van der Waals surface area (Å²) in [6, 6.07) is 11.4. The summed E-state index contributed by atoms with van der Waals surface area (Å²) >= 11 is 3.43. The quantitative estimate of drug-likeness (QED) is 0.904. The fourth-order valence-electron chi connectivity index (χ4n) is 2.34. The highest BCUT2D eigenvalue weighted by molar-refractivity contribution is 9.10. The molecule has 3 rings (SSSR count). The monoisotopic (exact) mass is 331 g/mol. The SMILES string of the molecule is Cc1cc(Br)cc(NC(=O)c2ccc3c(c2)CCO3)c1. The number of aryl methyl sites for hydroxylation is 1. The maximum atomic E-state index is 12.3. The van der Waals surface area contributed by atoms with E-state index in [-0.39, 0.29) is 5.91 Å². The molecule has 1 heterocycles. The molecule has 0 radical (unpaired) electrons. The first-order valence-corrected chi connectivity index (χ1v) is 7.25. The van der Waals surface area contributed by atoms with Gasteiger partial charge >= 0.3 is 0 Å². The lowest BCUT2D eigenvalue weighted by atomic mass is 10.1. The normalized spacial score (nSPS) is 12.7. The number of ether oxygens (including phenoxy) is 1. The molecule has 0 aliphatic carbocycles. The lowest BCUT2D eigenvalue weighted by Gasteiger charge is -2.08. The minimum Gasteiger partial charge on any atom is -0.493 e. The largest absolute Gasteiger partial charge is 0.493 e. The van der Waals surface area contributed by atoms with Crippen molar-refractivity contribution in [3.8, 4) is 5.75 Å². The molecule has 0 atom stereocenters. The van der Waals surface area contributed by atoms with Gasteiger partial charge in [0.1, 0.15) is 5.75 Å². The summed E-state index contributed by atoms with van der Waals surface area (Å²) in [5, 5.41) is 2.92. The maximum absolute atomic E-state index is 12.3. The molecule has 1 N–H and O–H groups in total. The van der Waals surface area contributed by atoms with Crippen LogP contribution in [-0.2, 0) is 6.42 Å². The lowest BCUT2D eigenvalue weighted by Crippen LogP contribution is -2.12. The zero-order chi connectivity index (χ0) is 14.1. The molecule has 3 nitrogen and oxygen atoms in total. The van der Waals surface area contributed by atoms with Gasteiger partial charge in [-0.15, -0.1) is 0 Å². The van der Waals surface area contributed by atoms with Crippen LogP contribution in [-0.4, -0.2) is 12.5 Å². The van der Waals surface area contributed by atoms with Gasteiger partial charge in [0, 0.05) is 22.1 Å². The molecule has 0 fully saturated rings. The van der Waals surface area contributed by atoms with Gasteiger partial charge < -0.3 is 10.1 Å². The van der Waals surface area contributed by atoms with Crippen molar-refractivity contribution < 1.29 is 9.53 Å². The predicted octanol–water partition coefficient (Wildman–Crippen LogP) is 3.94. The van der Waals surface area contributed by atoms with Gasteiger partial charge in [-0.2, -0.15) is 0 Å². The van der Waals surface area contributed by atoms with Gasteiger partial charge in [-0.25, -0.2) is 0 Å². The molecule has 1 amide bonds. The van der Waals surface area contributed by atoms with Crippen molar-refractivity contribution in [3.63, 3.8) is 0 Å². The van der Waals surface area contributed by atoms with E-state index in [0.717, 1.165) is 33.5 Å². The second kappa shape index (κ2) is 5.29. The molecule has 102 valence electrons. The Labute approximate surface area is 126 Å². The van der Waals surface area contributed by atoms with Gasteiger partial charge in [0.25, 0.3) is 5.91 Å². The van der Waals surface area contributed by atoms with E-state index in [1.165, 1.54) is 0 Å². The summed E-state index contributed by atoms with van der Waals surface area (Å²) in [6.07, 6.45) is 0.868. The van der Waals surface area contributed by atoms with E-state index in [2.05, 4.69) is 21.2 Å². The van der Waals surface area contributed by atoms with Crippen molar-refractivity contribution >= 4 is 27.5 Å². The molecule has 0 saturated heterocycles. The average Bonchev–Trinajstić information content (AvgIpc) is 2.84. The topological polar surface area (TPSA) is 38.3 Å². The number of amides is 1. The fourth-order valence-corrected chi connectivity index (χ4v) is 2.95. The Hall–Kier alpha value is -1.81. The number of carbonyl (C=O) groups excluding carboxylic acids is 1. The smallest absolute Gasteiger partial charge is 0.255 e. The fraction of sp³-hybridized carbons (Fsp3) is 0.188. The van der Waals surface area contributed by atoms with Crippen LogP contribution in [0.5, 0.6) is 5.75 Å². The number of anilines is 1. The van der Waals surface area contributed by atoms with Crippen molar-refractivity contribution in [3.05, 3.63) is 57.6 Å². The number of nitrogens with one attached hydrogen (secondary N) is 1. The molecule has 1 aliphatic heterocycles. The zero-order valence-electron chi connectivity index (χ0n) is 11.1. The number of hydrogen-bond donors (Lipinski definition) is 1. The number of halogens is 1. The molecule has 0 spiro atoms. The molecule has 0 aromatic heterocycles. The third kappa shape index (κ3) is 2.70. The third-order valence-corrected chi connectivity index (χ3v) is 3.71. The summed E-state index contributed by atoms with van der Waals surface area (Å²) in [7, 11) is 0. The van der Waals surface area contributed by atoms with E-state index in [9.17, 15) is 4.79 Å². The summed E-state index contributed by atoms with van der Waals surface area (Å²) < 4.78 is 6.40. The Balaban J connectivity index is 1.82. The molecule has 0 unspecified atom stereocenters. The average molecular weight is 332 g/mol. The van der Waals surface area contributed by atoms with Gasteiger partial charge in [-0.05, 0) is 54.4 Å². The van der Waals surface area contributed by atoms with Crippen LogP contribution in [0.2, 0.25) is 0 Å². The van der Waals surface area contributed by atoms with Crippen molar-refractivity contribution in [2.45, 2.75) is 13.3 Å². The Bertz CT molecular complexity index is 662. The summed E-state index contributed by atoms with van der Waals surface area (Å²) in [4.78, 5) is 12.3. The molecule has 2 aromatic rings. The van der Waals surface area contributed by atoms with Crippen molar-refractivity contribution in [1.29, 1.82) is 0 Å². The second-order valence-electron chi connectivity index (χ2n) is 4.89. The zero-order valence-corrected chi connectivity index (χ0v) is 12.7. The Kier molecular flexibility index (Phi) is 3.49. The molecular formula is C16H14BrNO2. The third-order valence-electron chi connectivity index (χ3n) is 3.25. The first-order chi connectivity index (χ1) is 9.61. The summed E-state index contributed by atoms with van der Waals surface area (Å²) in [6.45, 7) is 2.69. The van der Waals surface area contributed by atoms with E-state index in [4.69, 9.17) is 4.74 Å². The first kappa shape index (κ1) is 13.2. The van der Waals surface area contributed by atoms with Crippen LogP contribution in [0, 0.1) is 6.92 Å². The van der Waals surface area contributed by atoms with Crippen molar-refractivity contribution in [2.24, 2.45) is 0 Å². The standard InChI is InChI=1S/C16H14BrNO2/c1-10-6-13(17)9-14(7-10)18-16(19)12-2-3-15-11(8-12)4-5-20-15/h2-3,6-9H,4-5H2,1H3,(H,18,19). The van der Waals surface area contributed by atoms with Crippen LogP contribution in [0.15, 0.2) is 40.9 Å². The minimum absolute atomic E-state index is 0.0998. The van der Waals surface area contributed by atoms with E-state index >= 15 is 0 Å². The lowest BCUT2D eigenvalue weighted by molar-refractivity contribution is 0.102. The van der Waals surface area contributed by atoms with Gasteiger partial charge in [0.2, 0.25) is 0 Å². The molecule has 1 aliphatic rings. The molecule has 4 heteroatoms. The number of hydrogen-bond acceptors (Lipinski definition) is 2. The summed E-state index contributed by atoms with van der Waals surface area (Å²) in [5.74, 6) is 0.789. The maximum Gasteiger partial charge on any atom is 0.255 e. The Morgan fingerprint density at radius 3 is 2.90 bits per heavy atom. The van der Waals surface area contributed by atoms with E-state index in [0.29, 0.717) is 12.2 Å². The minimum atomic E-state index is -0.0998. The van der Waals surface area contributed by atoms with Gasteiger partial charge in [-0.1, -0.05) is 15.9 Å². The number of rotatable bonds is 2. The molecule has 20 heavy (non-hydrogen) atoms. The molecule has 2 aromatic carbocycles. The van der Waals surface area contributed by atoms with Gasteiger partial charge in [-0.3, -0.25) is 4.79 Å². The molecule has 0 saturated carbocycles. The second-order valence-corrected chi connectivity index (χ2v) is 5.81. The van der Waals surface area contributed by atoms with Crippen LogP contribution in [0.4, 0.5) is 5.69 Å². The number of fused-ring (bicyclic) bond motifs is 1. The van der Waals surface area contributed by atoms with Crippen LogP contribution in [0.3, 0.4) is 0 Å². The first-order valence-electron chi connectivity index (χ1n) is 6.46. The molecule has 0 bridgehead atoms. The van der Waals surface area contributed by atoms with Gasteiger partial charge in [0.15, 0.2) is 0 Å². The van der Waals surface area contributed by atoms with Crippen LogP contribution < -0.4 is 10.1 Å². The van der Waals surface area contributed by atoms with Gasteiger partial charge in [0.05, 0.1) is 6.61 Å². The van der Waals surface area contributed by atoms with E-state index < -0.39 is 0 Å². The highest BCUT2D eigenvalue weighted by Crippen LogP contribution is 2.26. The number of carbonyl (C=O) groups is 1. The van der Waals surface area contributed by atoms with Crippen molar-refractivity contribution in [2.75, 3.05) is 11.9 Å². The van der Waals surface area contributed by atoms with Crippen LogP contribution in [0.1, 0.15) is 21.5 Å². The highest BCUT2D eigenvalue weighted by atomic mass is 79.9. The van der Waals surface area contributed by atoms with Crippen molar-refractivity contribution in [1.82, 2.24) is 0 Å². The highest BCUT2D eigenvalue weighted by Gasteiger charge is 2.15. The molecular weight excluding hydrogens is 318 g/mol. The van der Waals surface area contributed by atoms with E-state index in [1.54, 1.807) is 6.07 Å².